The molecule has 1 fully saturated rings. The van der Waals surface area contributed by atoms with Gasteiger partial charge in [0, 0.05) is 55.3 Å². The second kappa shape index (κ2) is 10.4. The highest BCUT2D eigenvalue weighted by Gasteiger charge is 2.25. The summed E-state index contributed by atoms with van der Waals surface area (Å²) >= 11 is 0. The molecule has 0 bridgehead atoms. The molecule has 12 heteroatoms. The number of carbonyl (C=O) groups excluding carboxylic acids is 2. The average molecular weight is 565 g/mol. The zero-order chi connectivity index (χ0) is 28.8. The average Bonchev–Trinajstić information content (AvgIpc) is 3.79. The molecule has 42 heavy (non-hydrogen) atoms. The van der Waals surface area contributed by atoms with Crippen LogP contribution in [-0.4, -0.2) is 79.1 Å². The van der Waals surface area contributed by atoms with Crippen LogP contribution in [0.2, 0.25) is 0 Å². The summed E-state index contributed by atoms with van der Waals surface area (Å²) in [5.41, 5.74) is 5.91. The number of nitrogens with zero attached hydrogens (tertiary/aromatic N) is 8. The third-order valence-corrected chi connectivity index (χ3v) is 7.46. The molecular weight excluding hydrogens is 536 g/mol. The lowest BCUT2D eigenvalue weighted by molar-refractivity contribution is -0.136. The molecule has 2 aliphatic heterocycles. The van der Waals surface area contributed by atoms with E-state index in [1.807, 2.05) is 37.5 Å². The van der Waals surface area contributed by atoms with Crippen molar-refractivity contribution in [2.24, 2.45) is 0 Å². The van der Waals surface area contributed by atoms with Gasteiger partial charge in [0.1, 0.15) is 11.2 Å². The molecule has 6 heterocycles. The lowest BCUT2D eigenvalue weighted by Crippen LogP contribution is -2.37. The van der Waals surface area contributed by atoms with E-state index >= 15 is 0 Å². The van der Waals surface area contributed by atoms with E-state index in [2.05, 4.69) is 35.1 Å². The van der Waals surface area contributed by atoms with Crippen molar-refractivity contribution in [3.63, 3.8) is 0 Å². The molecule has 0 radical (unpaired) electrons. The van der Waals surface area contributed by atoms with Gasteiger partial charge in [0.25, 0.3) is 17.8 Å². The highest BCUT2D eigenvalue weighted by molar-refractivity contribution is 6.12. The molecule has 5 aromatic rings. The van der Waals surface area contributed by atoms with Crippen molar-refractivity contribution < 1.29 is 18.7 Å². The summed E-state index contributed by atoms with van der Waals surface area (Å²) in [7, 11) is 0. The van der Waals surface area contributed by atoms with Gasteiger partial charge >= 0.3 is 0 Å². The molecule has 2 amide bonds. The number of ether oxygens (including phenoxy) is 1. The molecule has 0 spiro atoms. The molecule has 0 aliphatic carbocycles. The first-order valence-corrected chi connectivity index (χ1v) is 13.8. The first-order chi connectivity index (χ1) is 20.4. The molecule has 12 nitrogen and oxygen atoms in total. The Kier molecular flexibility index (Phi) is 6.39. The van der Waals surface area contributed by atoms with E-state index in [0.717, 1.165) is 16.8 Å². The van der Waals surface area contributed by atoms with Crippen LogP contribution in [0.3, 0.4) is 0 Å². The number of rotatable bonds is 7. The minimum Gasteiger partial charge on any atom is -0.449 e. The third kappa shape index (κ3) is 4.75. The van der Waals surface area contributed by atoms with Crippen molar-refractivity contribution in [3.05, 3.63) is 72.2 Å². The molecule has 212 valence electrons. The van der Waals surface area contributed by atoms with E-state index in [-0.39, 0.29) is 18.4 Å². The molecular formula is C30H28N8O4. The van der Waals surface area contributed by atoms with Crippen LogP contribution < -0.4 is 4.90 Å². The number of hydrogen-bond acceptors (Lipinski definition) is 9. The van der Waals surface area contributed by atoms with E-state index in [0.29, 0.717) is 67.2 Å². The molecule has 1 aromatic carbocycles. The Hall–Kier alpha value is -5.10. The topological polar surface area (TPSA) is 124 Å². The Balaban J connectivity index is 1.23. The van der Waals surface area contributed by atoms with Gasteiger partial charge in [-0.1, -0.05) is 29.8 Å². The number of benzene rings is 1. The monoisotopic (exact) mass is 564 g/mol. The van der Waals surface area contributed by atoms with Crippen LogP contribution in [-0.2, 0) is 20.9 Å². The van der Waals surface area contributed by atoms with Gasteiger partial charge in [0.05, 0.1) is 26.0 Å². The fourth-order valence-electron chi connectivity index (χ4n) is 5.23. The molecule has 7 rings (SSSR count). The maximum absolute atomic E-state index is 11.9. The minimum atomic E-state index is -0.310. The Bertz CT molecular complexity index is 1840. The van der Waals surface area contributed by atoms with Gasteiger partial charge in [-0.25, -0.2) is 9.67 Å². The normalized spacial score (nSPS) is 15.5. The van der Waals surface area contributed by atoms with E-state index in [9.17, 15) is 9.59 Å². The Morgan fingerprint density at radius 3 is 2.52 bits per heavy atom. The molecule has 0 saturated carbocycles. The second-order valence-corrected chi connectivity index (χ2v) is 10.4. The predicted molar refractivity (Wildman–Crippen MR) is 154 cm³/mol. The highest BCUT2D eigenvalue weighted by atomic mass is 16.5. The summed E-state index contributed by atoms with van der Waals surface area (Å²) in [5.74, 6) is 1.03. The number of anilines is 1. The van der Waals surface area contributed by atoms with Gasteiger partial charge < -0.3 is 14.1 Å². The lowest BCUT2D eigenvalue weighted by atomic mass is 10.1. The Labute approximate surface area is 240 Å². The fourth-order valence-corrected chi connectivity index (χ4v) is 5.23. The first-order valence-electron chi connectivity index (χ1n) is 13.8. The van der Waals surface area contributed by atoms with Crippen LogP contribution >= 0.6 is 0 Å². The van der Waals surface area contributed by atoms with Crippen molar-refractivity contribution in [2.75, 3.05) is 37.7 Å². The number of aryl methyl sites for hydroxylation is 2. The summed E-state index contributed by atoms with van der Waals surface area (Å²) in [6.45, 7) is 7.12. The number of amides is 2. The SMILES string of the molecule is Cc1cccc(-c2cnn(-c3nc(N4CCOCC4)c4oc(-c5cc(C)n(CCN6C(=O)C=CC6=O)n5)cc4n3)c2)c1. The second-order valence-electron chi connectivity index (χ2n) is 10.4. The molecule has 0 N–H and O–H groups in total. The number of carbonyl (C=O) groups is 2. The van der Waals surface area contributed by atoms with Crippen molar-refractivity contribution >= 4 is 28.7 Å². The largest absolute Gasteiger partial charge is 0.449 e. The number of furan rings is 1. The predicted octanol–water partition coefficient (Wildman–Crippen LogP) is 3.32. The van der Waals surface area contributed by atoms with E-state index in [1.54, 1.807) is 9.36 Å². The fraction of sp³-hybridized carbons (Fsp3) is 0.267. The molecule has 0 atom stereocenters. The van der Waals surface area contributed by atoms with Gasteiger partial charge in [0.15, 0.2) is 17.2 Å². The van der Waals surface area contributed by atoms with E-state index in [4.69, 9.17) is 24.2 Å². The van der Waals surface area contributed by atoms with Crippen molar-refractivity contribution in [1.29, 1.82) is 0 Å². The van der Waals surface area contributed by atoms with Gasteiger partial charge in [-0.05, 0) is 25.5 Å². The summed E-state index contributed by atoms with van der Waals surface area (Å²) in [5, 5.41) is 9.28. The Morgan fingerprint density at radius 2 is 1.74 bits per heavy atom. The zero-order valence-electron chi connectivity index (χ0n) is 23.2. The van der Waals surface area contributed by atoms with Crippen LogP contribution in [0.25, 0.3) is 39.6 Å². The zero-order valence-corrected chi connectivity index (χ0v) is 23.2. The van der Waals surface area contributed by atoms with Crippen LogP contribution in [0.5, 0.6) is 0 Å². The standard InChI is InChI=1S/C30H28N8O4/c1-19-4-3-5-21(14-19)22-17-31-38(18-22)30-32-24-16-25(42-28(24)29(33-30)35-10-12-41-13-11-35)23-15-20(2)37(34-23)9-8-36-26(39)6-7-27(36)40/h3-7,14-18H,8-13H2,1-2H3. The number of morpholine rings is 1. The van der Waals surface area contributed by atoms with Crippen molar-refractivity contribution in [1.82, 2.24) is 34.4 Å². The third-order valence-electron chi connectivity index (χ3n) is 7.46. The van der Waals surface area contributed by atoms with Gasteiger partial charge in [0.2, 0.25) is 0 Å². The minimum absolute atomic E-state index is 0.233. The quantitative estimate of drug-likeness (QED) is 0.274. The maximum Gasteiger partial charge on any atom is 0.253 e. The summed E-state index contributed by atoms with van der Waals surface area (Å²) in [6.07, 6.45) is 6.31. The van der Waals surface area contributed by atoms with E-state index in [1.165, 1.54) is 22.6 Å². The van der Waals surface area contributed by atoms with Gasteiger partial charge in [-0.15, -0.1) is 0 Å². The number of aromatic nitrogens is 6. The van der Waals surface area contributed by atoms with E-state index < -0.39 is 0 Å². The summed E-state index contributed by atoms with van der Waals surface area (Å²) < 4.78 is 15.4. The van der Waals surface area contributed by atoms with Crippen LogP contribution in [0, 0.1) is 13.8 Å². The van der Waals surface area contributed by atoms with Crippen LogP contribution in [0.1, 0.15) is 11.3 Å². The van der Waals surface area contributed by atoms with Crippen molar-refractivity contribution in [2.45, 2.75) is 20.4 Å². The van der Waals surface area contributed by atoms with Crippen molar-refractivity contribution in [3.8, 4) is 28.5 Å². The first kappa shape index (κ1) is 25.8. The number of fused-ring (bicyclic) bond motifs is 1. The highest BCUT2D eigenvalue weighted by Crippen LogP contribution is 2.33. The lowest BCUT2D eigenvalue weighted by Gasteiger charge is -2.27. The van der Waals surface area contributed by atoms with Crippen LogP contribution in [0.4, 0.5) is 5.82 Å². The maximum atomic E-state index is 11.9. The number of imide groups is 1. The summed E-state index contributed by atoms with van der Waals surface area (Å²) in [4.78, 5) is 36.9. The van der Waals surface area contributed by atoms with Crippen LogP contribution in [0.15, 0.2) is 65.4 Å². The molecule has 1 saturated heterocycles. The molecule has 2 aliphatic rings. The summed E-state index contributed by atoms with van der Waals surface area (Å²) in [6, 6.07) is 12.0. The smallest absolute Gasteiger partial charge is 0.253 e. The Morgan fingerprint density at radius 1 is 0.929 bits per heavy atom. The van der Waals surface area contributed by atoms with Gasteiger partial charge in [-0.2, -0.15) is 15.2 Å². The number of hydrogen-bond donors (Lipinski definition) is 0. The molecule has 4 aromatic heterocycles. The molecule has 0 unspecified atom stereocenters. The van der Waals surface area contributed by atoms with Gasteiger partial charge in [-0.3, -0.25) is 19.2 Å².